The maximum absolute atomic E-state index is 13.4. The molecule has 1 saturated heterocycles. The van der Waals surface area contributed by atoms with Gasteiger partial charge in [0.1, 0.15) is 5.82 Å². The number of carbonyl (C=O) groups excluding carboxylic acids is 1. The van der Waals surface area contributed by atoms with Crippen LogP contribution in [0.3, 0.4) is 0 Å². The number of amides is 1. The summed E-state index contributed by atoms with van der Waals surface area (Å²) < 4.78 is 13.4. The number of halogens is 2. The van der Waals surface area contributed by atoms with E-state index >= 15 is 0 Å². The molecule has 0 saturated carbocycles. The molecule has 1 heterocycles. The van der Waals surface area contributed by atoms with Crippen LogP contribution in [-0.4, -0.2) is 29.9 Å². The van der Waals surface area contributed by atoms with Crippen LogP contribution in [-0.2, 0) is 24.4 Å². The maximum Gasteiger partial charge on any atom is 0.222 e. The van der Waals surface area contributed by atoms with Crippen molar-refractivity contribution in [2.45, 2.75) is 46.3 Å². The molecule has 0 aromatic heterocycles. The number of benzene rings is 2. The van der Waals surface area contributed by atoms with Crippen LogP contribution in [0.25, 0.3) is 0 Å². The Hall–Kier alpha value is -2.16. The molecule has 7 heteroatoms. The standard InChI is InChI=1S/C23H29FN4O.HI/c1-3-25-23(26-14-18-10-11-21(24)17(2)13-18)27-15-19-7-4-5-8-20(19)16-28-12-6-9-22(28)29;/h4-5,7-8,10-11,13H,3,6,9,12,14-16H2,1-2H3,(H2,25,26,27);1H. The van der Waals surface area contributed by atoms with Gasteiger partial charge < -0.3 is 15.5 Å². The van der Waals surface area contributed by atoms with E-state index in [2.05, 4.69) is 27.8 Å². The summed E-state index contributed by atoms with van der Waals surface area (Å²) >= 11 is 0. The number of nitrogens with zero attached hydrogens (tertiary/aromatic N) is 2. The molecule has 30 heavy (non-hydrogen) atoms. The molecular formula is C23H30FIN4O. The van der Waals surface area contributed by atoms with Crippen molar-refractivity contribution in [1.29, 1.82) is 0 Å². The second-order valence-corrected chi connectivity index (χ2v) is 7.32. The summed E-state index contributed by atoms with van der Waals surface area (Å²) in [7, 11) is 0. The Bertz CT molecular complexity index is 887. The molecule has 0 radical (unpaired) electrons. The van der Waals surface area contributed by atoms with Crippen LogP contribution in [0.2, 0.25) is 0 Å². The number of likely N-dealkylation sites (tertiary alicyclic amines) is 1. The number of rotatable bonds is 7. The van der Waals surface area contributed by atoms with Crippen molar-refractivity contribution in [2.75, 3.05) is 13.1 Å². The minimum atomic E-state index is -0.198. The Morgan fingerprint density at radius 1 is 1.17 bits per heavy atom. The maximum atomic E-state index is 13.4. The number of aryl methyl sites for hydroxylation is 1. The summed E-state index contributed by atoms with van der Waals surface area (Å²) in [5.41, 5.74) is 3.89. The van der Waals surface area contributed by atoms with Gasteiger partial charge in [-0.1, -0.05) is 36.4 Å². The Morgan fingerprint density at radius 2 is 1.93 bits per heavy atom. The number of hydrogen-bond donors (Lipinski definition) is 2. The average molecular weight is 524 g/mol. The van der Waals surface area contributed by atoms with Gasteiger partial charge in [-0.3, -0.25) is 4.79 Å². The quantitative estimate of drug-likeness (QED) is 0.326. The van der Waals surface area contributed by atoms with Gasteiger partial charge >= 0.3 is 0 Å². The van der Waals surface area contributed by atoms with Gasteiger partial charge in [-0.05, 0) is 48.6 Å². The molecule has 2 aromatic rings. The van der Waals surface area contributed by atoms with E-state index in [4.69, 9.17) is 0 Å². The zero-order valence-corrected chi connectivity index (χ0v) is 19.9. The van der Waals surface area contributed by atoms with Gasteiger partial charge in [0.05, 0.1) is 6.54 Å². The van der Waals surface area contributed by atoms with Gasteiger partial charge in [0.2, 0.25) is 5.91 Å². The zero-order chi connectivity index (χ0) is 20.6. The Kier molecular flexibility index (Phi) is 9.55. The number of nitrogens with one attached hydrogen (secondary N) is 2. The molecule has 162 valence electrons. The highest BCUT2D eigenvalue weighted by Crippen LogP contribution is 2.17. The molecule has 2 aromatic carbocycles. The normalized spacial score (nSPS) is 13.9. The highest BCUT2D eigenvalue weighted by atomic mass is 127. The van der Waals surface area contributed by atoms with E-state index in [9.17, 15) is 9.18 Å². The molecule has 0 unspecified atom stereocenters. The van der Waals surface area contributed by atoms with E-state index in [-0.39, 0.29) is 35.7 Å². The van der Waals surface area contributed by atoms with Gasteiger partial charge in [-0.2, -0.15) is 0 Å². The first-order chi connectivity index (χ1) is 14.1. The number of hydrogen-bond acceptors (Lipinski definition) is 2. The lowest BCUT2D eigenvalue weighted by Gasteiger charge is -2.19. The van der Waals surface area contributed by atoms with Crippen LogP contribution >= 0.6 is 24.0 Å². The first kappa shape index (κ1) is 24.1. The molecule has 1 amide bonds. The predicted octanol–water partition coefficient (Wildman–Crippen LogP) is 4.13. The van der Waals surface area contributed by atoms with Crippen LogP contribution < -0.4 is 10.6 Å². The molecule has 5 nitrogen and oxygen atoms in total. The van der Waals surface area contributed by atoms with Crippen LogP contribution in [0.5, 0.6) is 0 Å². The van der Waals surface area contributed by atoms with Gasteiger partial charge in [0, 0.05) is 32.6 Å². The fourth-order valence-electron chi connectivity index (χ4n) is 3.46. The number of carbonyl (C=O) groups is 1. The van der Waals surface area contributed by atoms with Crippen LogP contribution in [0.4, 0.5) is 4.39 Å². The predicted molar refractivity (Wildman–Crippen MR) is 129 cm³/mol. The third-order valence-corrected chi connectivity index (χ3v) is 5.08. The first-order valence-corrected chi connectivity index (χ1v) is 10.2. The minimum absolute atomic E-state index is 0. The van der Waals surface area contributed by atoms with Crippen molar-refractivity contribution >= 4 is 35.8 Å². The molecule has 0 aliphatic carbocycles. The van der Waals surface area contributed by atoms with E-state index in [0.717, 1.165) is 36.2 Å². The molecule has 1 aliphatic rings. The van der Waals surface area contributed by atoms with Crippen molar-refractivity contribution in [1.82, 2.24) is 15.5 Å². The first-order valence-electron chi connectivity index (χ1n) is 10.2. The fraction of sp³-hybridized carbons (Fsp3) is 0.391. The van der Waals surface area contributed by atoms with Crippen molar-refractivity contribution in [2.24, 2.45) is 4.99 Å². The molecule has 2 N–H and O–H groups in total. The highest BCUT2D eigenvalue weighted by molar-refractivity contribution is 14.0. The summed E-state index contributed by atoms with van der Waals surface area (Å²) in [6, 6.07) is 13.2. The lowest BCUT2D eigenvalue weighted by atomic mass is 10.1. The monoisotopic (exact) mass is 524 g/mol. The van der Waals surface area contributed by atoms with Gasteiger partial charge in [-0.15, -0.1) is 24.0 Å². The SMILES string of the molecule is CCNC(=NCc1ccc(F)c(C)c1)NCc1ccccc1CN1CCCC1=O.I. The largest absolute Gasteiger partial charge is 0.357 e. The molecule has 0 spiro atoms. The summed E-state index contributed by atoms with van der Waals surface area (Å²) in [5.74, 6) is 0.745. The summed E-state index contributed by atoms with van der Waals surface area (Å²) in [6.45, 7) is 7.10. The summed E-state index contributed by atoms with van der Waals surface area (Å²) in [5, 5.41) is 6.62. The molecule has 0 atom stereocenters. The summed E-state index contributed by atoms with van der Waals surface area (Å²) in [6.07, 6.45) is 1.60. The van der Waals surface area contributed by atoms with Crippen LogP contribution in [0.15, 0.2) is 47.5 Å². The third-order valence-electron chi connectivity index (χ3n) is 5.08. The topological polar surface area (TPSA) is 56.7 Å². The van der Waals surface area contributed by atoms with E-state index in [0.29, 0.717) is 37.6 Å². The Morgan fingerprint density at radius 3 is 2.60 bits per heavy atom. The molecular weight excluding hydrogens is 494 g/mol. The van der Waals surface area contributed by atoms with E-state index < -0.39 is 0 Å². The fourth-order valence-corrected chi connectivity index (χ4v) is 3.46. The van der Waals surface area contributed by atoms with Crippen LogP contribution in [0.1, 0.15) is 42.0 Å². The van der Waals surface area contributed by atoms with Crippen LogP contribution in [0, 0.1) is 12.7 Å². The number of guanidine groups is 1. The minimum Gasteiger partial charge on any atom is -0.357 e. The van der Waals surface area contributed by atoms with E-state index in [1.807, 2.05) is 30.0 Å². The number of aliphatic imine (C=N–C) groups is 1. The van der Waals surface area contributed by atoms with Gasteiger partial charge in [-0.25, -0.2) is 9.38 Å². The van der Waals surface area contributed by atoms with E-state index in [1.165, 1.54) is 6.07 Å². The average Bonchev–Trinajstić information content (AvgIpc) is 3.12. The van der Waals surface area contributed by atoms with Crippen molar-refractivity contribution < 1.29 is 9.18 Å². The second kappa shape index (κ2) is 11.9. The highest BCUT2D eigenvalue weighted by Gasteiger charge is 2.20. The van der Waals surface area contributed by atoms with Crippen molar-refractivity contribution in [3.63, 3.8) is 0 Å². The van der Waals surface area contributed by atoms with Gasteiger partial charge in [0.25, 0.3) is 0 Å². The molecule has 0 bridgehead atoms. The second-order valence-electron chi connectivity index (χ2n) is 7.32. The zero-order valence-electron chi connectivity index (χ0n) is 17.6. The van der Waals surface area contributed by atoms with Gasteiger partial charge in [0.15, 0.2) is 5.96 Å². The summed E-state index contributed by atoms with van der Waals surface area (Å²) in [4.78, 5) is 18.5. The smallest absolute Gasteiger partial charge is 0.222 e. The Balaban J connectivity index is 0.00000320. The van der Waals surface area contributed by atoms with Crippen molar-refractivity contribution in [3.8, 4) is 0 Å². The third kappa shape index (κ3) is 6.68. The molecule has 1 fully saturated rings. The molecule has 3 rings (SSSR count). The van der Waals surface area contributed by atoms with Crippen molar-refractivity contribution in [3.05, 3.63) is 70.5 Å². The van der Waals surface area contributed by atoms with E-state index in [1.54, 1.807) is 13.0 Å². The molecule has 1 aliphatic heterocycles. The Labute approximate surface area is 195 Å². The lowest BCUT2D eigenvalue weighted by molar-refractivity contribution is -0.128. The lowest BCUT2D eigenvalue weighted by Crippen LogP contribution is -2.37.